The summed E-state index contributed by atoms with van der Waals surface area (Å²) >= 11 is 0. The molecule has 180 valence electrons. The summed E-state index contributed by atoms with van der Waals surface area (Å²) < 4.78 is 8.27. The van der Waals surface area contributed by atoms with Crippen LogP contribution in [-0.2, 0) is 6.54 Å². The van der Waals surface area contributed by atoms with Gasteiger partial charge in [0.05, 0.1) is 25.0 Å². The van der Waals surface area contributed by atoms with Gasteiger partial charge in [-0.3, -0.25) is 4.68 Å². The predicted octanol–water partition coefficient (Wildman–Crippen LogP) is 2.84. The van der Waals surface area contributed by atoms with Crippen LogP contribution in [0.15, 0.2) is 42.7 Å². The van der Waals surface area contributed by atoms with Gasteiger partial charge in [0.15, 0.2) is 5.82 Å². The Balaban J connectivity index is 1.51. The van der Waals surface area contributed by atoms with E-state index in [2.05, 4.69) is 45.2 Å². The first-order chi connectivity index (χ1) is 16.5. The van der Waals surface area contributed by atoms with E-state index in [0.717, 1.165) is 48.6 Å². The third-order valence-corrected chi connectivity index (χ3v) is 7.24. The van der Waals surface area contributed by atoms with Crippen molar-refractivity contribution in [3.05, 3.63) is 59.4 Å². The topological polar surface area (TPSA) is 142 Å². The van der Waals surface area contributed by atoms with E-state index in [9.17, 15) is 0 Å². The number of hydrogen-bond donors (Lipinski definition) is 5. The van der Waals surface area contributed by atoms with Crippen LogP contribution in [0.2, 0.25) is 0 Å². The van der Waals surface area contributed by atoms with Gasteiger partial charge in [0, 0.05) is 24.1 Å². The molecule has 0 amide bonds. The quantitative estimate of drug-likeness (QED) is 0.289. The first-order valence-electron chi connectivity index (χ1n) is 12.0. The SMILES string of the molecule is NNc1nc(N)cc(C2CCNCC3(CCCC3)COc3cccc(c3)Cn3cc2cn3)c1N. The lowest BCUT2D eigenvalue weighted by Gasteiger charge is -2.30. The third kappa shape index (κ3) is 4.67. The molecule has 5 rings (SSSR count). The zero-order chi connectivity index (χ0) is 23.5. The minimum atomic E-state index is 0.00545. The Morgan fingerprint density at radius 3 is 2.85 bits per heavy atom. The van der Waals surface area contributed by atoms with E-state index in [1.165, 1.54) is 25.7 Å². The Labute approximate surface area is 200 Å². The van der Waals surface area contributed by atoms with Crippen molar-refractivity contribution in [2.24, 2.45) is 11.3 Å². The number of nitrogen functional groups attached to an aromatic ring is 3. The van der Waals surface area contributed by atoms with Crippen molar-refractivity contribution in [3.63, 3.8) is 0 Å². The van der Waals surface area contributed by atoms with Gasteiger partial charge in [0.2, 0.25) is 0 Å². The van der Waals surface area contributed by atoms with Crippen LogP contribution in [-0.4, -0.2) is 34.5 Å². The second-order valence-corrected chi connectivity index (χ2v) is 9.68. The maximum absolute atomic E-state index is 6.46. The van der Waals surface area contributed by atoms with Crippen LogP contribution in [0.5, 0.6) is 5.75 Å². The van der Waals surface area contributed by atoms with Crippen molar-refractivity contribution in [1.82, 2.24) is 20.1 Å². The lowest BCUT2D eigenvalue weighted by Crippen LogP contribution is -2.37. The summed E-state index contributed by atoms with van der Waals surface area (Å²) in [4.78, 5) is 4.23. The zero-order valence-electron chi connectivity index (χ0n) is 19.5. The molecule has 9 nitrogen and oxygen atoms in total. The van der Waals surface area contributed by atoms with Crippen molar-refractivity contribution in [2.75, 3.05) is 36.6 Å². The van der Waals surface area contributed by atoms with Gasteiger partial charge in [-0.2, -0.15) is 5.10 Å². The monoisotopic (exact) mass is 462 g/mol. The number of nitrogens with one attached hydrogen (secondary N) is 2. The van der Waals surface area contributed by atoms with Gasteiger partial charge in [-0.25, -0.2) is 10.8 Å². The summed E-state index contributed by atoms with van der Waals surface area (Å²) in [5, 5.41) is 8.36. The summed E-state index contributed by atoms with van der Waals surface area (Å²) in [7, 11) is 0. The van der Waals surface area contributed by atoms with E-state index in [4.69, 9.17) is 22.0 Å². The molecule has 1 spiro atoms. The molecule has 0 radical (unpaired) electrons. The van der Waals surface area contributed by atoms with Gasteiger partial charge in [-0.05, 0) is 60.7 Å². The van der Waals surface area contributed by atoms with Gasteiger partial charge < -0.3 is 26.9 Å². The molecule has 3 heterocycles. The summed E-state index contributed by atoms with van der Waals surface area (Å²) in [5.41, 5.74) is 19.0. The number of nitrogens with two attached hydrogens (primary N) is 3. The first-order valence-corrected chi connectivity index (χ1v) is 12.0. The highest BCUT2D eigenvalue weighted by molar-refractivity contribution is 5.70. The summed E-state index contributed by atoms with van der Waals surface area (Å²) in [6, 6.07) is 10.2. The van der Waals surface area contributed by atoms with Gasteiger partial charge in [0.25, 0.3) is 0 Å². The predicted molar refractivity (Wildman–Crippen MR) is 134 cm³/mol. The smallest absolute Gasteiger partial charge is 0.165 e. The Morgan fingerprint density at radius 1 is 1.18 bits per heavy atom. The first kappa shape index (κ1) is 22.5. The number of rotatable bonds is 2. The van der Waals surface area contributed by atoms with Crippen molar-refractivity contribution >= 4 is 17.3 Å². The molecule has 8 N–H and O–H groups in total. The van der Waals surface area contributed by atoms with E-state index in [0.29, 0.717) is 23.9 Å². The van der Waals surface area contributed by atoms with Crippen LogP contribution >= 0.6 is 0 Å². The molecule has 1 aliphatic carbocycles. The van der Waals surface area contributed by atoms with Crippen LogP contribution in [0.4, 0.5) is 17.3 Å². The molecule has 2 aromatic heterocycles. The molecule has 1 atom stereocenters. The summed E-state index contributed by atoms with van der Waals surface area (Å²) in [6.07, 6.45) is 9.74. The second-order valence-electron chi connectivity index (χ2n) is 9.68. The molecular weight excluding hydrogens is 428 g/mol. The van der Waals surface area contributed by atoms with Crippen LogP contribution in [0.1, 0.15) is 54.7 Å². The Morgan fingerprint density at radius 2 is 2.03 bits per heavy atom. The molecule has 1 unspecified atom stereocenters. The van der Waals surface area contributed by atoms with E-state index >= 15 is 0 Å². The fraction of sp³-hybridized carbons (Fsp3) is 0.440. The van der Waals surface area contributed by atoms with E-state index in [-0.39, 0.29) is 11.3 Å². The minimum Gasteiger partial charge on any atom is -0.493 e. The maximum Gasteiger partial charge on any atom is 0.165 e. The average Bonchev–Trinajstić information content (AvgIpc) is 3.49. The number of benzene rings is 1. The standard InChI is InChI=1S/C25H34N8O/c26-22-11-21(23(27)24(31-22)32-28)20-6-9-29-15-25(7-1-2-8-25)16-34-19-5-3-4-17(10-19)13-33-14-18(20)12-30-33/h3-5,10-12,14,20,29H,1-2,6-9,13,15-16,27-28H2,(H3,26,31,32). The average molecular weight is 463 g/mol. The third-order valence-electron chi connectivity index (χ3n) is 7.24. The number of aromatic nitrogens is 3. The molecule has 1 aliphatic heterocycles. The number of hydrogen-bond acceptors (Lipinski definition) is 8. The number of nitrogens with zero attached hydrogens (tertiary/aromatic N) is 3. The maximum atomic E-state index is 6.46. The van der Waals surface area contributed by atoms with E-state index in [1.807, 2.05) is 23.0 Å². The minimum absolute atomic E-state index is 0.00545. The number of ether oxygens (including phenoxy) is 1. The highest BCUT2D eigenvalue weighted by Gasteiger charge is 2.34. The van der Waals surface area contributed by atoms with Crippen LogP contribution < -0.4 is 32.8 Å². The summed E-state index contributed by atoms with van der Waals surface area (Å²) in [5.74, 6) is 7.36. The van der Waals surface area contributed by atoms with Gasteiger partial charge in [0.1, 0.15) is 11.6 Å². The fourth-order valence-corrected chi connectivity index (χ4v) is 5.40. The summed E-state index contributed by atoms with van der Waals surface area (Å²) in [6.45, 7) is 3.16. The number of pyridine rings is 1. The van der Waals surface area contributed by atoms with E-state index in [1.54, 1.807) is 0 Å². The van der Waals surface area contributed by atoms with Crippen molar-refractivity contribution < 1.29 is 4.74 Å². The number of fused-ring (bicyclic) bond motifs is 4. The fourth-order valence-electron chi connectivity index (χ4n) is 5.40. The molecule has 3 aromatic rings. The molecular formula is C25H34N8O. The number of hydrazine groups is 1. The number of anilines is 3. The Kier molecular flexibility index (Phi) is 6.30. The molecule has 2 aliphatic rings. The largest absolute Gasteiger partial charge is 0.493 e. The molecule has 4 bridgehead atoms. The molecule has 1 aromatic carbocycles. The lowest BCUT2D eigenvalue weighted by molar-refractivity contribution is 0.146. The van der Waals surface area contributed by atoms with E-state index < -0.39 is 0 Å². The van der Waals surface area contributed by atoms with Crippen molar-refractivity contribution in [3.8, 4) is 5.75 Å². The highest BCUT2D eigenvalue weighted by Crippen LogP contribution is 2.39. The van der Waals surface area contributed by atoms with Crippen molar-refractivity contribution in [1.29, 1.82) is 0 Å². The van der Waals surface area contributed by atoms with Gasteiger partial charge in [-0.15, -0.1) is 0 Å². The lowest BCUT2D eigenvalue weighted by atomic mass is 9.86. The highest BCUT2D eigenvalue weighted by atomic mass is 16.5. The molecule has 9 heteroatoms. The molecule has 1 fully saturated rings. The molecule has 34 heavy (non-hydrogen) atoms. The Hall–Kier alpha value is -3.30. The van der Waals surface area contributed by atoms with Gasteiger partial charge >= 0.3 is 0 Å². The zero-order valence-corrected chi connectivity index (χ0v) is 19.5. The molecule has 1 saturated carbocycles. The van der Waals surface area contributed by atoms with Crippen LogP contribution in [0, 0.1) is 5.41 Å². The van der Waals surface area contributed by atoms with Crippen LogP contribution in [0.25, 0.3) is 0 Å². The second kappa shape index (κ2) is 9.52. The Bertz CT molecular complexity index is 1140. The molecule has 0 saturated heterocycles. The van der Waals surface area contributed by atoms with Gasteiger partial charge in [-0.1, -0.05) is 25.0 Å². The van der Waals surface area contributed by atoms with Crippen LogP contribution in [0.3, 0.4) is 0 Å². The normalized spacial score (nSPS) is 20.3. The van der Waals surface area contributed by atoms with Crippen molar-refractivity contribution in [2.45, 2.75) is 44.6 Å².